The average molecular weight is 492 g/mol. The summed E-state index contributed by atoms with van der Waals surface area (Å²) in [6.45, 7) is 5.84. The Hall–Kier alpha value is -3.99. The Labute approximate surface area is 218 Å². The number of hydrogen-bond donors (Lipinski definition) is 1. The number of benzene rings is 3. The third-order valence-corrected chi connectivity index (χ3v) is 7.69. The number of amides is 1. The Kier molecular flexibility index (Phi) is 6.21. The van der Waals surface area contributed by atoms with E-state index in [-0.39, 0.29) is 11.9 Å². The number of rotatable bonds is 7. The molecule has 5 nitrogen and oxygen atoms in total. The highest BCUT2D eigenvalue weighted by Crippen LogP contribution is 2.46. The van der Waals surface area contributed by atoms with Crippen LogP contribution in [0.4, 0.5) is 0 Å². The number of allylic oxidation sites excluding steroid dienone is 1. The molecule has 37 heavy (non-hydrogen) atoms. The molecular formula is C32H33N3O2. The highest BCUT2D eigenvalue weighted by molar-refractivity contribution is 5.88. The predicted octanol–water partition coefficient (Wildman–Crippen LogP) is 6.51. The van der Waals surface area contributed by atoms with E-state index in [4.69, 9.17) is 4.74 Å². The quantitative estimate of drug-likeness (QED) is 0.321. The Morgan fingerprint density at radius 3 is 2.51 bits per heavy atom. The van der Waals surface area contributed by atoms with Crippen LogP contribution in [0.5, 0.6) is 5.75 Å². The van der Waals surface area contributed by atoms with Crippen molar-refractivity contribution in [3.8, 4) is 5.75 Å². The molecular weight excluding hydrogens is 458 g/mol. The van der Waals surface area contributed by atoms with Crippen LogP contribution in [0.2, 0.25) is 0 Å². The molecule has 188 valence electrons. The van der Waals surface area contributed by atoms with Gasteiger partial charge >= 0.3 is 0 Å². The summed E-state index contributed by atoms with van der Waals surface area (Å²) in [5, 5.41) is 1.10. The normalized spacial score (nSPS) is 16.5. The summed E-state index contributed by atoms with van der Waals surface area (Å²) in [7, 11) is 0. The standard InChI is InChI=1S/C32H33N3O2/c1-22-12-14-25(15-13-22)20-34(23(2)36)21-29-31-32(26-10-6-7-11-27(26)33-31)37-30-18-19-35(29)28(30)17-16-24-8-4-3-5-9-24/h3-15,29,33H,16-21H2,1-2H3/t29-/m0/s1. The van der Waals surface area contributed by atoms with E-state index < -0.39 is 0 Å². The molecule has 4 aromatic rings. The summed E-state index contributed by atoms with van der Waals surface area (Å²) >= 11 is 0. The van der Waals surface area contributed by atoms with Crippen LogP contribution >= 0.6 is 0 Å². The van der Waals surface area contributed by atoms with Gasteiger partial charge in [-0.3, -0.25) is 4.79 Å². The highest BCUT2D eigenvalue weighted by Gasteiger charge is 2.38. The van der Waals surface area contributed by atoms with Crippen molar-refractivity contribution in [1.29, 1.82) is 0 Å². The molecule has 0 aliphatic carbocycles. The number of para-hydroxylation sites is 1. The maximum Gasteiger partial charge on any atom is 0.219 e. The molecule has 1 amide bonds. The van der Waals surface area contributed by atoms with Gasteiger partial charge in [-0.15, -0.1) is 0 Å². The molecule has 3 aromatic carbocycles. The number of hydrogen-bond acceptors (Lipinski definition) is 3. The molecule has 0 spiro atoms. The summed E-state index contributed by atoms with van der Waals surface area (Å²) < 4.78 is 6.71. The van der Waals surface area contributed by atoms with Crippen molar-refractivity contribution >= 4 is 16.8 Å². The first-order valence-electron chi connectivity index (χ1n) is 13.2. The van der Waals surface area contributed by atoms with Crippen molar-refractivity contribution < 1.29 is 9.53 Å². The lowest BCUT2D eigenvalue weighted by Gasteiger charge is -2.35. The fraction of sp³-hybridized carbons (Fsp3) is 0.281. The second-order valence-electron chi connectivity index (χ2n) is 10.2. The zero-order chi connectivity index (χ0) is 25.4. The summed E-state index contributed by atoms with van der Waals surface area (Å²) in [6, 6.07) is 27.4. The van der Waals surface area contributed by atoms with Gasteiger partial charge in [0.2, 0.25) is 5.91 Å². The first-order valence-corrected chi connectivity index (χ1v) is 13.2. The number of aryl methyl sites for hydroxylation is 2. The third-order valence-electron chi connectivity index (χ3n) is 7.69. The topological polar surface area (TPSA) is 48.6 Å². The molecule has 0 saturated heterocycles. The van der Waals surface area contributed by atoms with Gasteiger partial charge in [0, 0.05) is 43.9 Å². The van der Waals surface area contributed by atoms with E-state index in [1.165, 1.54) is 16.8 Å². The number of aromatic amines is 1. The van der Waals surface area contributed by atoms with Gasteiger partial charge in [0.1, 0.15) is 5.76 Å². The Balaban J connectivity index is 1.37. The molecule has 1 N–H and O–H groups in total. The van der Waals surface area contributed by atoms with E-state index in [1.807, 2.05) is 11.0 Å². The van der Waals surface area contributed by atoms with Gasteiger partial charge in [0.15, 0.2) is 5.75 Å². The van der Waals surface area contributed by atoms with Crippen molar-refractivity contribution in [2.75, 3.05) is 13.1 Å². The molecule has 1 aromatic heterocycles. The van der Waals surface area contributed by atoms with Crippen LogP contribution in [0.1, 0.15) is 48.2 Å². The Bertz CT molecular complexity index is 1450. The lowest BCUT2D eigenvalue weighted by molar-refractivity contribution is -0.130. The minimum absolute atomic E-state index is 0.0116. The minimum atomic E-state index is -0.0116. The number of nitrogens with one attached hydrogen (secondary N) is 1. The molecule has 2 aliphatic rings. The molecule has 0 fully saturated rings. The first-order chi connectivity index (χ1) is 18.1. The van der Waals surface area contributed by atoms with E-state index in [0.717, 1.165) is 59.5 Å². The van der Waals surface area contributed by atoms with E-state index in [1.54, 1.807) is 6.92 Å². The second kappa shape index (κ2) is 9.81. The molecule has 5 heteroatoms. The third kappa shape index (κ3) is 4.62. The maximum atomic E-state index is 12.9. The van der Waals surface area contributed by atoms with Crippen molar-refractivity contribution in [3.63, 3.8) is 0 Å². The SMILES string of the molecule is CC(=O)N(Cc1ccc(C)cc1)C[C@H]1c2[nH]c3ccccc3c2OC2=C(CCc3ccccc3)N1CC2. The number of carbonyl (C=O) groups is 1. The second-order valence-corrected chi connectivity index (χ2v) is 10.2. The van der Waals surface area contributed by atoms with Crippen LogP contribution < -0.4 is 4.74 Å². The Morgan fingerprint density at radius 2 is 1.73 bits per heavy atom. The van der Waals surface area contributed by atoms with Gasteiger partial charge in [-0.1, -0.05) is 72.3 Å². The molecule has 2 bridgehead atoms. The van der Waals surface area contributed by atoms with E-state index >= 15 is 0 Å². The zero-order valence-electron chi connectivity index (χ0n) is 21.5. The fourth-order valence-electron chi connectivity index (χ4n) is 5.68. The molecule has 1 atom stereocenters. The summed E-state index contributed by atoms with van der Waals surface area (Å²) in [5.74, 6) is 2.06. The zero-order valence-corrected chi connectivity index (χ0v) is 21.5. The molecule has 0 unspecified atom stereocenters. The molecule has 2 aliphatic heterocycles. The molecule has 0 radical (unpaired) electrons. The smallest absolute Gasteiger partial charge is 0.219 e. The van der Waals surface area contributed by atoms with Gasteiger partial charge in [-0.2, -0.15) is 0 Å². The predicted molar refractivity (Wildman–Crippen MR) is 147 cm³/mol. The van der Waals surface area contributed by atoms with Crippen molar-refractivity contribution in [2.24, 2.45) is 0 Å². The number of fused-ring (bicyclic) bond motifs is 4. The lowest BCUT2D eigenvalue weighted by Crippen LogP contribution is -2.39. The van der Waals surface area contributed by atoms with Crippen LogP contribution in [0.15, 0.2) is 90.3 Å². The van der Waals surface area contributed by atoms with Crippen LogP contribution in [0.25, 0.3) is 10.9 Å². The molecule has 3 heterocycles. The number of carbonyl (C=O) groups excluding carboxylic acids is 1. The number of H-pyrrole nitrogens is 1. The van der Waals surface area contributed by atoms with E-state index in [9.17, 15) is 4.79 Å². The van der Waals surface area contributed by atoms with Crippen LogP contribution in [0, 0.1) is 6.92 Å². The number of aromatic nitrogens is 1. The molecule has 0 saturated carbocycles. The van der Waals surface area contributed by atoms with Gasteiger partial charge in [-0.25, -0.2) is 0 Å². The number of ether oxygens (including phenoxy) is 1. The largest absolute Gasteiger partial charge is 0.457 e. The van der Waals surface area contributed by atoms with Gasteiger partial charge in [-0.05, 0) is 43.0 Å². The highest BCUT2D eigenvalue weighted by atomic mass is 16.5. The fourth-order valence-corrected chi connectivity index (χ4v) is 5.68. The van der Waals surface area contributed by atoms with Gasteiger partial charge in [0.05, 0.1) is 17.4 Å². The van der Waals surface area contributed by atoms with Gasteiger partial charge < -0.3 is 19.5 Å². The average Bonchev–Trinajstić information content (AvgIpc) is 3.44. The van der Waals surface area contributed by atoms with Crippen LogP contribution in [-0.2, 0) is 17.8 Å². The van der Waals surface area contributed by atoms with Crippen molar-refractivity contribution in [1.82, 2.24) is 14.8 Å². The van der Waals surface area contributed by atoms with E-state index in [2.05, 4.69) is 89.6 Å². The summed E-state index contributed by atoms with van der Waals surface area (Å²) in [6.07, 6.45) is 2.76. The monoisotopic (exact) mass is 491 g/mol. The van der Waals surface area contributed by atoms with Gasteiger partial charge in [0.25, 0.3) is 0 Å². The Morgan fingerprint density at radius 1 is 0.973 bits per heavy atom. The first kappa shape index (κ1) is 23.4. The maximum absolute atomic E-state index is 12.9. The number of nitrogens with zero attached hydrogens (tertiary/aromatic N) is 2. The van der Waals surface area contributed by atoms with Crippen molar-refractivity contribution in [2.45, 2.75) is 45.7 Å². The summed E-state index contributed by atoms with van der Waals surface area (Å²) in [5.41, 5.74) is 7.08. The van der Waals surface area contributed by atoms with E-state index in [0.29, 0.717) is 13.1 Å². The van der Waals surface area contributed by atoms with Crippen LogP contribution in [0.3, 0.4) is 0 Å². The minimum Gasteiger partial charge on any atom is -0.457 e. The van der Waals surface area contributed by atoms with Crippen LogP contribution in [-0.4, -0.2) is 33.8 Å². The summed E-state index contributed by atoms with van der Waals surface area (Å²) in [4.78, 5) is 21.0. The lowest BCUT2D eigenvalue weighted by atomic mass is 10.1. The van der Waals surface area contributed by atoms with Crippen molar-refractivity contribution in [3.05, 3.63) is 113 Å². The molecule has 6 rings (SSSR count).